The van der Waals surface area contributed by atoms with Crippen molar-refractivity contribution in [3.8, 4) is 39.9 Å². The van der Waals surface area contributed by atoms with Gasteiger partial charge in [0, 0.05) is 78.0 Å². The molecule has 14 rings (SSSR count). The smallest absolute Gasteiger partial charge is 0.0992 e. The molecule has 0 saturated carbocycles. The summed E-state index contributed by atoms with van der Waals surface area (Å²) < 4.78 is 9.46. The molecule has 14 aromatic rings. The summed E-state index contributed by atoms with van der Waals surface area (Å²) in [4.78, 5) is 4.78. The summed E-state index contributed by atoms with van der Waals surface area (Å²) >= 11 is 0. The maximum Gasteiger partial charge on any atom is 0.0992 e. The molecule has 6 heteroatoms. The van der Waals surface area contributed by atoms with E-state index < -0.39 is 0 Å². The molecule has 0 radical (unpaired) electrons. The van der Waals surface area contributed by atoms with Gasteiger partial charge in [0.2, 0.25) is 0 Å². The lowest BCUT2D eigenvalue weighted by atomic mass is 10.0. The number of benzene rings is 9. The second-order valence-electron chi connectivity index (χ2n) is 17.1. The molecule has 0 bridgehead atoms. The van der Waals surface area contributed by atoms with E-state index in [1.807, 2.05) is 24.5 Å². The molecule has 5 aromatic heterocycles. The highest BCUT2D eigenvalue weighted by Gasteiger charge is 2.23. The van der Waals surface area contributed by atoms with Crippen LogP contribution in [0.1, 0.15) is 5.56 Å². The van der Waals surface area contributed by atoms with Crippen molar-refractivity contribution in [2.75, 3.05) is 0 Å². The zero-order chi connectivity index (χ0) is 43.5. The summed E-state index contributed by atoms with van der Waals surface area (Å²) in [5.41, 5.74) is 15.6. The van der Waals surface area contributed by atoms with E-state index in [0.717, 1.165) is 72.1 Å². The topological polar surface area (TPSA) is 56.4 Å². The molecule has 5 heterocycles. The Bertz CT molecular complexity index is 4270. The minimum absolute atomic E-state index is 0.585. The van der Waals surface area contributed by atoms with Gasteiger partial charge < -0.3 is 18.3 Å². The van der Waals surface area contributed by atoms with Crippen molar-refractivity contribution in [3.05, 3.63) is 224 Å². The predicted octanol–water partition coefficient (Wildman–Crippen LogP) is 15.0. The predicted molar refractivity (Wildman–Crippen MR) is 272 cm³/mol. The maximum atomic E-state index is 10.4. The van der Waals surface area contributed by atoms with Crippen LogP contribution >= 0.6 is 0 Å². The third-order valence-corrected chi connectivity index (χ3v) is 13.7. The largest absolute Gasteiger partial charge is 0.309 e. The molecule has 0 N–H and O–H groups in total. The maximum absolute atomic E-state index is 10.4. The van der Waals surface area contributed by atoms with Crippen LogP contribution in [0.2, 0.25) is 0 Å². The molecule has 0 unspecified atom stereocenters. The van der Waals surface area contributed by atoms with Crippen LogP contribution in [-0.2, 0) is 0 Å². The number of hydrogen-bond donors (Lipinski definition) is 0. The second-order valence-corrected chi connectivity index (χ2v) is 17.1. The first-order valence-corrected chi connectivity index (χ1v) is 22.3. The lowest BCUT2D eigenvalue weighted by Crippen LogP contribution is -2.03. The standard InChI is InChI=1S/C60H36N6/c61-36-38-25-28-47(60(33-38)66-56-24-12-6-18-46(56)49-35-40(27-30-58(49)66)64-53-21-9-3-15-43(53)44-16-4-10-22-54(44)64)50-37-62-32-31-59(50)65-55-23-11-5-17-45(55)48-34-39(26-29-57(48)65)63-51-19-7-1-13-41(51)42-14-2-8-20-52(42)63/h1-35,37H. The molecule has 306 valence electrons. The summed E-state index contributed by atoms with van der Waals surface area (Å²) in [6.07, 6.45) is 3.85. The van der Waals surface area contributed by atoms with Crippen molar-refractivity contribution in [1.29, 1.82) is 5.26 Å². The van der Waals surface area contributed by atoms with Crippen LogP contribution in [0.25, 0.3) is 121 Å². The van der Waals surface area contributed by atoms with Crippen LogP contribution in [0.15, 0.2) is 219 Å². The van der Waals surface area contributed by atoms with Crippen molar-refractivity contribution >= 4 is 87.2 Å². The van der Waals surface area contributed by atoms with Crippen LogP contribution in [0.5, 0.6) is 0 Å². The number of pyridine rings is 1. The van der Waals surface area contributed by atoms with Crippen molar-refractivity contribution < 1.29 is 0 Å². The third-order valence-electron chi connectivity index (χ3n) is 13.7. The number of fused-ring (bicyclic) bond motifs is 12. The number of aromatic nitrogens is 5. The third kappa shape index (κ3) is 5.08. The van der Waals surface area contributed by atoms with E-state index in [1.54, 1.807) is 0 Å². The van der Waals surface area contributed by atoms with Crippen LogP contribution in [0, 0.1) is 11.3 Å². The van der Waals surface area contributed by atoms with E-state index in [4.69, 9.17) is 4.98 Å². The number of hydrogen-bond acceptors (Lipinski definition) is 2. The normalized spacial score (nSPS) is 11.9. The van der Waals surface area contributed by atoms with E-state index >= 15 is 0 Å². The fourth-order valence-electron chi connectivity index (χ4n) is 10.9. The summed E-state index contributed by atoms with van der Waals surface area (Å²) in [7, 11) is 0. The molecule has 66 heavy (non-hydrogen) atoms. The summed E-state index contributed by atoms with van der Waals surface area (Å²) in [6, 6.07) is 76.1. The number of rotatable bonds is 5. The van der Waals surface area contributed by atoms with E-state index in [-0.39, 0.29) is 0 Å². The Morgan fingerprint density at radius 3 is 1.14 bits per heavy atom. The Labute approximate surface area is 378 Å². The molecular formula is C60H36N6. The summed E-state index contributed by atoms with van der Waals surface area (Å²) in [5.74, 6) is 0. The van der Waals surface area contributed by atoms with Gasteiger partial charge in [-0.15, -0.1) is 0 Å². The molecule has 0 spiro atoms. The highest BCUT2D eigenvalue weighted by molar-refractivity contribution is 6.14. The highest BCUT2D eigenvalue weighted by Crippen LogP contribution is 2.43. The van der Waals surface area contributed by atoms with Crippen LogP contribution in [0.3, 0.4) is 0 Å². The Kier molecular flexibility index (Phi) is 7.65. The molecule has 0 aliphatic rings. The molecule has 6 nitrogen and oxygen atoms in total. The molecule has 0 saturated heterocycles. The van der Waals surface area contributed by atoms with Crippen molar-refractivity contribution in [2.24, 2.45) is 0 Å². The van der Waals surface area contributed by atoms with Gasteiger partial charge in [0.15, 0.2) is 0 Å². The molecule has 9 aromatic carbocycles. The van der Waals surface area contributed by atoms with Gasteiger partial charge in [-0.25, -0.2) is 0 Å². The minimum atomic E-state index is 0.585. The first-order valence-electron chi connectivity index (χ1n) is 22.3. The minimum Gasteiger partial charge on any atom is -0.309 e. The quantitative estimate of drug-likeness (QED) is 0.173. The van der Waals surface area contributed by atoms with Gasteiger partial charge in [-0.2, -0.15) is 5.26 Å². The number of nitrogens with zero attached hydrogens (tertiary/aromatic N) is 6. The average Bonchev–Trinajstić information content (AvgIpc) is 4.11. The van der Waals surface area contributed by atoms with E-state index in [9.17, 15) is 5.26 Å². The monoisotopic (exact) mass is 840 g/mol. The molecular weight excluding hydrogens is 805 g/mol. The fraction of sp³-hybridized carbons (Fsp3) is 0. The van der Waals surface area contributed by atoms with Gasteiger partial charge in [0.05, 0.1) is 67.1 Å². The van der Waals surface area contributed by atoms with Crippen molar-refractivity contribution in [2.45, 2.75) is 0 Å². The Morgan fingerprint density at radius 1 is 0.318 bits per heavy atom. The average molecular weight is 841 g/mol. The van der Waals surface area contributed by atoms with E-state index in [1.165, 1.54) is 49.0 Å². The number of para-hydroxylation sites is 6. The van der Waals surface area contributed by atoms with Gasteiger partial charge >= 0.3 is 0 Å². The Hall–Kier alpha value is -9.18. The zero-order valence-electron chi connectivity index (χ0n) is 35.5. The van der Waals surface area contributed by atoms with E-state index in [2.05, 4.69) is 218 Å². The van der Waals surface area contributed by atoms with Crippen molar-refractivity contribution in [3.63, 3.8) is 0 Å². The second kappa shape index (κ2) is 13.9. The van der Waals surface area contributed by atoms with E-state index in [0.29, 0.717) is 5.56 Å². The molecule has 0 aliphatic heterocycles. The fourth-order valence-corrected chi connectivity index (χ4v) is 10.9. The van der Waals surface area contributed by atoms with Gasteiger partial charge in [-0.05, 0) is 91.0 Å². The molecule has 0 fully saturated rings. The lowest BCUT2D eigenvalue weighted by molar-refractivity contribution is 1.14. The Morgan fingerprint density at radius 2 is 0.697 bits per heavy atom. The Balaban J connectivity index is 0.992. The molecule has 0 aliphatic carbocycles. The molecule has 0 atom stereocenters. The zero-order valence-corrected chi connectivity index (χ0v) is 35.5. The van der Waals surface area contributed by atoms with Crippen LogP contribution in [0.4, 0.5) is 0 Å². The van der Waals surface area contributed by atoms with Crippen LogP contribution < -0.4 is 0 Å². The van der Waals surface area contributed by atoms with Crippen LogP contribution in [-0.4, -0.2) is 23.3 Å². The molecule has 0 amide bonds. The summed E-state index contributed by atoms with van der Waals surface area (Å²) in [6.45, 7) is 0. The SMILES string of the molecule is N#Cc1ccc(-c2cnccc2-n2c3ccccc3c3cc(-n4c5ccccc5c5ccccc54)ccc32)c(-n2c3ccccc3c3cc(-n4c5ccccc5c5ccccc54)ccc32)c1. The highest BCUT2D eigenvalue weighted by atomic mass is 15.0. The summed E-state index contributed by atoms with van der Waals surface area (Å²) in [5, 5.41) is 20.0. The first-order chi connectivity index (χ1) is 32.7. The first kappa shape index (κ1) is 36.3. The van der Waals surface area contributed by atoms with Crippen molar-refractivity contribution in [1.82, 2.24) is 23.3 Å². The van der Waals surface area contributed by atoms with Gasteiger partial charge in [-0.1, -0.05) is 115 Å². The van der Waals surface area contributed by atoms with Gasteiger partial charge in [-0.3, -0.25) is 4.98 Å². The van der Waals surface area contributed by atoms with Gasteiger partial charge in [0.25, 0.3) is 0 Å². The lowest BCUT2D eigenvalue weighted by Gasteiger charge is -2.18. The number of nitriles is 1. The van der Waals surface area contributed by atoms with Gasteiger partial charge in [0.1, 0.15) is 0 Å².